The normalized spacial score (nSPS) is 24.1. The first-order chi connectivity index (χ1) is 15.7. The number of fused-ring (bicyclic) bond motifs is 3. The Morgan fingerprint density at radius 1 is 1.15 bits per heavy atom. The molecule has 0 bridgehead atoms. The van der Waals surface area contributed by atoms with Crippen LogP contribution in [0.5, 0.6) is 5.75 Å². The molecule has 9 nitrogen and oxygen atoms in total. The predicted octanol–water partition coefficient (Wildman–Crippen LogP) is 2.61. The molecule has 1 unspecified atom stereocenters. The van der Waals surface area contributed by atoms with Crippen LogP contribution in [0.4, 0.5) is 16.3 Å². The maximum Gasteiger partial charge on any atom is 0.320 e. The summed E-state index contributed by atoms with van der Waals surface area (Å²) < 4.78 is 0. The number of aromatic nitrogens is 2. The van der Waals surface area contributed by atoms with Crippen LogP contribution in [0.25, 0.3) is 11.3 Å². The lowest BCUT2D eigenvalue weighted by Gasteiger charge is -2.54. The summed E-state index contributed by atoms with van der Waals surface area (Å²) >= 11 is 6.10. The molecule has 1 aromatic carbocycles. The van der Waals surface area contributed by atoms with Crippen molar-refractivity contribution in [3.05, 3.63) is 29.3 Å². The minimum absolute atomic E-state index is 0.00556. The van der Waals surface area contributed by atoms with E-state index in [0.717, 1.165) is 18.8 Å². The van der Waals surface area contributed by atoms with Gasteiger partial charge in [0.15, 0.2) is 5.82 Å². The van der Waals surface area contributed by atoms with Crippen LogP contribution in [0.15, 0.2) is 24.3 Å². The summed E-state index contributed by atoms with van der Waals surface area (Å²) in [5, 5.41) is 26.2. The molecule has 1 atom stereocenters. The fourth-order valence-corrected chi connectivity index (χ4v) is 5.32. The number of hydrogen-bond donors (Lipinski definition) is 3. The van der Waals surface area contributed by atoms with Gasteiger partial charge in [0.25, 0.3) is 0 Å². The number of halogens is 1. The van der Waals surface area contributed by atoms with Crippen molar-refractivity contribution in [2.24, 2.45) is 0 Å². The second-order valence-electron chi connectivity index (χ2n) is 9.95. The number of aromatic hydroxyl groups is 1. The molecule has 1 aromatic heterocycles. The minimum atomic E-state index is -0.296. The summed E-state index contributed by atoms with van der Waals surface area (Å²) in [6.45, 7) is 11.3. The lowest BCUT2D eigenvalue weighted by atomic mass is 9.92. The number of carbonyl (C=O) groups is 1. The number of amides is 2. The quantitative estimate of drug-likeness (QED) is 0.588. The van der Waals surface area contributed by atoms with Crippen LogP contribution < -0.4 is 15.5 Å². The van der Waals surface area contributed by atoms with Crippen LogP contribution in [0.2, 0.25) is 5.02 Å². The van der Waals surface area contributed by atoms with Crippen molar-refractivity contribution in [3.8, 4) is 17.0 Å². The fourth-order valence-electron chi connectivity index (χ4n) is 5.14. The zero-order valence-electron chi connectivity index (χ0n) is 19.2. The lowest BCUT2D eigenvalue weighted by Crippen LogP contribution is -2.70. The lowest BCUT2D eigenvalue weighted by molar-refractivity contribution is 0.0738. The average molecular weight is 472 g/mol. The molecular formula is C23H30ClN7O2. The van der Waals surface area contributed by atoms with Gasteiger partial charge in [-0.3, -0.25) is 0 Å². The third-order valence-corrected chi connectivity index (χ3v) is 7.35. The van der Waals surface area contributed by atoms with Crippen molar-refractivity contribution in [1.29, 1.82) is 0 Å². The number of nitrogens with zero attached hydrogens (tertiary/aromatic N) is 5. The molecule has 5 rings (SSSR count). The standard InChI is InChI=1S/C23H30ClN7O2/c1-22(2)12-25-7-8-31(22)21(33)29-9-10-30-18-11-17(15-5-4-6-16(24)19(15)32)27-28-20(18)26-13-23(30,3)14-29/h4-6,11,25,32H,7-10,12-14H2,1-3H3,(H,26,28). The summed E-state index contributed by atoms with van der Waals surface area (Å²) in [4.78, 5) is 19.8. The van der Waals surface area contributed by atoms with Crippen molar-refractivity contribution in [1.82, 2.24) is 25.3 Å². The van der Waals surface area contributed by atoms with Gasteiger partial charge in [-0.25, -0.2) is 4.79 Å². The van der Waals surface area contributed by atoms with Gasteiger partial charge in [-0.2, -0.15) is 0 Å². The van der Waals surface area contributed by atoms with Gasteiger partial charge in [-0.05, 0) is 39.0 Å². The Bertz CT molecular complexity index is 1090. The molecule has 3 aliphatic rings. The number of nitrogens with one attached hydrogen (secondary N) is 2. The number of carbonyl (C=O) groups excluding carboxylic acids is 1. The van der Waals surface area contributed by atoms with Crippen LogP contribution in [0.1, 0.15) is 20.8 Å². The first-order valence-electron chi connectivity index (χ1n) is 11.3. The Hall–Kier alpha value is -2.78. The number of para-hydroxylation sites is 1. The van der Waals surface area contributed by atoms with E-state index < -0.39 is 0 Å². The van der Waals surface area contributed by atoms with Crippen molar-refractivity contribution < 1.29 is 9.90 Å². The van der Waals surface area contributed by atoms with E-state index in [1.165, 1.54) is 0 Å². The van der Waals surface area contributed by atoms with Gasteiger partial charge in [0.05, 0.1) is 27.5 Å². The van der Waals surface area contributed by atoms with Gasteiger partial charge in [-0.1, -0.05) is 17.7 Å². The molecule has 2 amide bonds. The van der Waals surface area contributed by atoms with E-state index in [2.05, 4.69) is 46.5 Å². The molecule has 3 aliphatic heterocycles. The van der Waals surface area contributed by atoms with Crippen molar-refractivity contribution in [2.45, 2.75) is 31.8 Å². The summed E-state index contributed by atoms with van der Waals surface area (Å²) in [5.41, 5.74) is 1.51. The van der Waals surface area contributed by atoms with E-state index in [1.807, 2.05) is 15.9 Å². The number of anilines is 2. The SMILES string of the molecule is CC1(C)CNCCN1C(=O)N1CCN2c3cc(-c4cccc(Cl)c4O)nnc3NCC2(C)C1. The Morgan fingerprint density at radius 3 is 2.76 bits per heavy atom. The van der Waals surface area contributed by atoms with Crippen LogP contribution in [-0.4, -0.2) is 88.0 Å². The molecule has 3 N–H and O–H groups in total. The molecule has 4 heterocycles. The van der Waals surface area contributed by atoms with Gasteiger partial charge >= 0.3 is 6.03 Å². The van der Waals surface area contributed by atoms with E-state index in [4.69, 9.17) is 11.6 Å². The van der Waals surface area contributed by atoms with E-state index in [0.29, 0.717) is 49.8 Å². The third-order valence-electron chi connectivity index (χ3n) is 7.04. The first-order valence-corrected chi connectivity index (χ1v) is 11.7. The Balaban J connectivity index is 1.42. The van der Waals surface area contributed by atoms with Crippen molar-refractivity contribution in [2.75, 3.05) is 56.0 Å². The van der Waals surface area contributed by atoms with E-state index in [-0.39, 0.29) is 27.9 Å². The largest absolute Gasteiger partial charge is 0.506 e. The highest BCUT2D eigenvalue weighted by Crippen LogP contribution is 2.41. The maximum absolute atomic E-state index is 13.5. The second kappa shape index (κ2) is 7.92. The summed E-state index contributed by atoms with van der Waals surface area (Å²) in [5.74, 6) is 0.703. The molecule has 0 saturated carbocycles. The number of rotatable bonds is 1. The van der Waals surface area contributed by atoms with Crippen molar-refractivity contribution >= 4 is 29.1 Å². The Labute approximate surface area is 198 Å². The molecule has 10 heteroatoms. The van der Waals surface area contributed by atoms with E-state index in [1.54, 1.807) is 18.2 Å². The van der Waals surface area contributed by atoms with Gasteiger partial charge in [-0.15, -0.1) is 10.2 Å². The highest BCUT2D eigenvalue weighted by Gasteiger charge is 2.45. The highest BCUT2D eigenvalue weighted by atomic mass is 35.5. The van der Waals surface area contributed by atoms with Gasteiger partial charge in [0, 0.05) is 51.4 Å². The first kappa shape index (κ1) is 22.0. The van der Waals surface area contributed by atoms with Crippen molar-refractivity contribution in [3.63, 3.8) is 0 Å². The molecule has 2 fully saturated rings. The molecule has 0 radical (unpaired) electrons. The second-order valence-corrected chi connectivity index (χ2v) is 10.4. The molecular weight excluding hydrogens is 442 g/mol. The smallest absolute Gasteiger partial charge is 0.320 e. The molecule has 0 aliphatic carbocycles. The molecule has 176 valence electrons. The van der Waals surface area contributed by atoms with Crippen LogP contribution in [0, 0.1) is 0 Å². The Kier molecular flexibility index (Phi) is 5.29. The summed E-state index contributed by atoms with van der Waals surface area (Å²) in [6.07, 6.45) is 0. The van der Waals surface area contributed by atoms with E-state index in [9.17, 15) is 9.90 Å². The number of urea groups is 1. The Morgan fingerprint density at radius 2 is 1.97 bits per heavy atom. The minimum Gasteiger partial charge on any atom is -0.506 e. The van der Waals surface area contributed by atoms with Gasteiger partial charge in [0.2, 0.25) is 0 Å². The zero-order chi connectivity index (χ0) is 23.4. The van der Waals surface area contributed by atoms with Gasteiger partial charge < -0.3 is 30.4 Å². The number of piperazine rings is 2. The molecule has 2 aromatic rings. The highest BCUT2D eigenvalue weighted by molar-refractivity contribution is 6.32. The zero-order valence-corrected chi connectivity index (χ0v) is 20.0. The topological polar surface area (TPSA) is 96.9 Å². The number of hydrogen-bond acceptors (Lipinski definition) is 7. The molecule has 0 spiro atoms. The number of benzene rings is 1. The molecule has 2 saturated heterocycles. The van der Waals surface area contributed by atoms with Crippen LogP contribution >= 0.6 is 11.6 Å². The summed E-state index contributed by atoms with van der Waals surface area (Å²) in [6, 6.07) is 7.24. The van der Waals surface area contributed by atoms with E-state index >= 15 is 0 Å². The number of phenols is 1. The van der Waals surface area contributed by atoms with Gasteiger partial charge in [0.1, 0.15) is 5.75 Å². The summed E-state index contributed by atoms with van der Waals surface area (Å²) in [7, 11) is 0. The predicted molar refractivity (Wildman–Crippen MR) is 129 cm³/mol. The monoisotopic (exact) mass is 471 g/mol. The molecule has 33 heavy (non-hydrogen) atoms. The fraction of sp³-hybridized carbons (Fsp3) is 0.522. The third kappa shape index (κ3) is 3.73. The van der Waals surface area contributed by atoms with Crippen LogP contribution in [-0.2, 0) is 0 Å². The average Bonchev–Trinajstić information content (AvgIpc) is 2.79. The number of phenolic OH excluding ortho intramolecular Hbond substituents is 1. The van der Waals surface area contributed by atoms with Crippen LogP contribution in [0.3, 0.4) is 0 Å². The maximum atomic E-state index is 13.5.